The van der Waals surface area contributed by atoms with Crippen LogP contribution < -0.4 is 0 Å². The van der Waals surface area contributed by atoms with E-state index in [4.69, 9.17) is 0 Å². The predicted molar refractivity (Wildman–Crippen MR) is 224 cm³/mol. The second-order valence-corrected chi connectivity index (χ2v) is 19.3. The van der Waals surface area contributed by atoms with E-state index in [0.29, 0.717) is 44.5 Å². The zero-order chi connectivity index (χ0) is 39.0. The highest BCUT2D eigenvalue weighted by atomic mass is 32.1. The molecule has 0 amide bonds. The Kier molecular flexibility index (Phi) is 7.12. The first-order valence-corrected chi connectivity index (χ1v) is 20.9. The van der Waals surface area contributed by atoms with Gasteiger partial charge in [0.2, 0.25) is 0 Å². The van der Waals surface area contributed by atoms with E-state index in [0.717, 1.165) is 9.75 Å². The third-order valence-electron chi connectivity index (χ3n) is 11.5. The molecule has 0 spiro atoms. The summed E-state index contributed by atoms with van der Waals surface area (Å²) < 4.78 is 2.57. The molecule has 0 radical (unpaired) electrons. The first-order valence-electron chi connectivity index (χ1n) is 17.6. The SMILES string of the molecule is CC1(C)c2cc(/C=C3\C(=O)c4ccccc4C3=C(C#N)C#N)sc2-c2sc3c4c(sc3c21)-c1sc(/C=C2\C(=O)c3ccccc3C2=C(C#N)C#N)cc1C4(C)C. The topological polar surface area (TPSA) is 129 Å². The van der Waals surface area contributed by atoms with Gasteiger partial charge in [-0.1, -0.05) is 76.2 Å². The number of nitriles is 4. The molecule has 4 aromatic heterocycles. The van der Waals surface area contributed by atoms with Gasteiger partial charge in [-0.15, -0.1) is 45.3 Å². The van der Waals surface area contributed by atoms with Crippen molar-refractivity contribution >= 4 is 89.6 Å². The normalized spacial score (nSPS) is 17.6. The van der Waals surface area contributed by atoms with Crippen LogP contribution in [0.15, 0.2) is 83.0 Å². The van der Waals surface area contributed by atoms with Crippen molar-refractivity contribution in [2.75, 3.05) is 0 Å². The third-order valence-corrected chi connectivity index (χ3v) is 16.5. The molecule has 4 aliphatic carbocycles. The van der Waals surface area contributed by atoms with E-state index in [2.05, 4.69) is 39.8 Å². The Morgan fingerprint density at radius 2 is 0.893 bits per heavy atom. The van der Waals surface area contributed by atoms with E-state index in [9.17, 15) is 30.6 Å². The summed E-state index contributed by atoms with van der Waals surface area (Å²) in [7, 11) is 0. The van der Waals surface area contributed by atoms with Gasteiger partial charge in [0.15, 0.2) is 11.6 Å². The molecule has 2 aromatic carbocycles. The number of rotatable bonds is 2. The van der Waals surface area contributed by atoms with Crippen LogP contribution >= 0.6 is 45.3 Å². The fourth-order valence-electron chi connectivity index (χ4n) is 8.86. The minimum absolute atomic E-state index is 0.0696. The minimum atomic E-state index is -0.307. The van der Waals surface area contributed by atoms with Gasteiger partial charge in [-0.25, -0.2) is 0 Å². The molecule has 6 aromatic rings. The molecule has 0 saturated heterocycles. The number of hydrogen-bond acceptors (Lipinski definition) is 10. The quantitative estimate of drug-likeness (QED) is 0.127. The molecule has 0 N–H and O–H groups in total. The molecule has 6 nitrogen and oxygen atoms in total. The van der Waals surface area contributed by atoms with E-state index in [1.54, 1.807) is 59.1 Å². The molecule has 4 aliphatic rings. The molecule has 0 bridgehead atoms. The van der Waals surface area contributed by atoms with Crippen LogP contribution in [0.2, 0.25) is 0 Å². The number of ketones is 2. The first kappa shape index (κ1) is 34.3. The Labute approximate surface area is 337 Å². The lowest BCUT2D eigenvalue weighted by molar-refractivity contribution is 0.103. The second-order valence-electron chi connectivity index (χ2n) is 15.1. The molecule has 264 valence electrons. The van der Waals surface area contributed by atoms with E-state index in [1.807, 2.05) is 71.2 Å². The summed E-state index contributed by atoms with van der Waals surface area (Å²) in [6.45, 7) is 9.03. The summed E-state index contributed by atoms with van der Waals surface area (Å²) in [6, 6.07) is 26.7. The van der Waals surface area contributed by atoms with Gasteiger partial charge in [0.05, 0.1) is 19.2 Å². The zero-order valence-corrected chi connectivity index (χ0v) is 33.4. The van der Waals surface area contributed by atoms with Gasteiger partial charge in [-0.2, -0.15) is 21.0 Å². The van der Waals surface area contributed by atoms with Crippen molar-refractivity contribution in [1.29, 1.82) is 21.0 Å². The van der Waals surface area contributed by atoms with Crippen LogP contribution in [0.4, 0.5) is 0 Å². The van der Waals surface area contributed by atoms with E-state index in [1.165, 1.54) is 51.2 Å². The lowest BCUT2D eigenvalue weighted by Gasteiger charge is -2.20. The van der Waals surface area contributed by atoms with Crippen LogP contribution in [0.3, 0.4) is 0 Å². The number of hydrogen-bond donors (Lipinski definition) is 0. The molecule has 10 heteroatoms. The van der Waals surface area contributed by atoms with Crippen molar-refractivity contribution in [1.82, 2.24) is 0 Å². The van der Waals surface area contributed by atoms with Crippen molar-refractivity contribution < 1.29 is 9.59 Å². The Morgan fingerprint density at radius 3 is 1.25 bits per heavy atom. The highest BCUT2D eigenvalue weighted by Crippen LogP contribution is 2.65. The molecular formula is C46H24N4O2S4. The Hall–Kier alpha value is -6.24. The average Bonchev–Trinajstić information content (AvgIpc) is 4.05. The summed E-state index contributed by atoms with van der Waals surface area (Å²) in [5.74, 6) is -0.362. The molecule has 10 rings (SSSR count). The molecule has 4 heterocycles. The number of Topliss-reactive ketones (excluding diaryl/α,β-unsaturated/α-hetero) is 2. The summed E-state index contributed by atoms with van der Waals surface area (Å²) in [5.41, 5.74) is 8.07. The van der Waals surface area contributed by atoms with E-state index in [-0.39, 0.29) is 33.5 Å². The van der Waals surface area contributed by atoms with Gasteiger partial charge < -0.3 is 0 Å². The number of nitrogens with zero attached hydrogens (tertiary/aromatic N) is 4. The molecule has 0 atom stereocenters. The van der Waals surface area contributed by atoms with Crippen LogP contribution in [0.1, 0.15) is 91.5 Å². The summed E-state index contributed by atoms with van der Waals surface area (Å²) in [4.78, 5) is 34.0. The molecule has 0 fully saturated rings. The van der Waals surface area contributed by atoms with Gasteiger partial charge in [0.1, 0.15) is 35.4 Å². The van der Waals surface area contributed by atoms with Gasteiger partial charge >= 0.3 is 0 Å². The summed E-state index contributed by atoms with van der Waals surface area (Å²) in [6.07, 6.45) is 3.70. The summed E-state index contributed by atoms with van der Waals surface area (Å²) in [5, 5.41) is 39.2. The molecule has 56 heavy (non-hydrogen) atoms. The molecule has 0 unspecified atom stereocenters. The number of fused-ring (bicyclic) bond motifs is 11. The number of thiophene rings is 4. The largest absolute Gasteiger partial charge is 0.289 e. The van der Waals surface area contributed by atoms with Crippen LogP contribution in [0.25, 0.3) is 52.2 Å². The Bertz CT molecular complexity index is 2980. The number of allylic oxidation sites excluding steroid dienone is 6. The van der Waals surface area contributed by atoms with Gasteiger partial charge in [0.25, 0.3) is 0 Å². The fraction of sp³-hybridized carbons (Fsp3) is 0.130. The molecular weight excluding hydrogens is 769 g/mol. The lowest BCUT2D eigenvalue weighted by atomic mass is 9.82. The smallest absolute Gasteiger partial charge is 0.194 e. The number of carbonyl (C=O) groups is 2. The summed E-state index contributed by atoms with van der Waals surface area (Å²) >= 11 is 6.95. The van der Waals surface area contributed by atoms with Gasteiger partial charge in [-0.3, -0.25) is 9.59 Å². The fourth-order valence-corrected chi connectivity index (χ4v) is 15.2. The second kappa shape index (κ2) is 11.6. The number of benzene rings is 2. The van der Waals surface area contributed by atoms with Crippen LogP contribution in [-0.2, 0) is 10.8 Å². The van der Waals surface area contributed by atoms with Crippen LogP contribution in [-0.4, -0.2) is 11.6 Å². The van der Waals surface area contributed by atoms with Crippen LogP contribution in [0.5, 0.6) is 0 Å². The highest BCUT2D eigenvalue weighted by molar-refractivity contribution is 7.34. The highest BCUT2D eigenvalue weighted by Gasteiger charge is 2.47. The van der Waals surface area contributed by atoms with Crippen molar-refractivity contribution in [3.05, 3.63) is 137 Å². The van der Waals surface area contributed by atoms with Gasteiger partial charge in [0, 0.05) is 63.8 Å². The van der Waals surface area contributed by atoms with Crippen LogP contribution in [0, 0.1) is 45.3 Å². The third kappa shape index (κ3) is 4.30. The van der Waals surface area contributed by atoms with Crippen molar-refractivity contribution in [2.45, 2.75) is 38.5 Å². The van der Waals surface area contributed by atoms with E-state index >= 15 is 0 Å². The molecule has 0 saturated carbocycles. The van der Waals surface area contributed by atoms with E-state index < -0.39 is 0 Å². The number of carbonyl (C=O) groups excluding carboxylic acids is 2. The maximum Gasteiger partial charge on any atom is 0.194 e. The Morgan fingerprint density at radius 1 is 0.536 bits per heavy atom. The minimum Gasteiger partial charge on any atom is -0.289 e. The van der Waals surface area contributed by atoms with Crippen molar-refractivity contribution in [3.63, 3.8) is 0 Å². The Balaban J connectivity index is 1.07. The maximum absolute atomic E-state index is 13.7. The lowest BCUT2D eigenvalue weighted by Crippen LogP contribution is -2.15. The first-order chi connectivity index (χ1) is 26.9. The zero-order valence-electron chi connectivity index (χ0n) is 30.2. The monoisotopic (exact) mass is 792 g/mol. The molecule has 0 aliphatic heterocycles. The average molecular weight is 793 g/mol. The predicted octanol–water partition coefficient (Wildman–Crippen LogP) is 11.9. The van der Waals surface area contributed by atoms with Gasteiger partial charge in [-0.05, 0) is 57.7 Å². The van der Waals surface area contributed by atoms with Crippen molar-refractivity contribution in [2.24, 2.45) is 0 Å². The van der Waals surface area contributed by atoms with Crippen molar-refractivity contribution in [3.8, 4) is 43.8 Å². The maximum atomic E-state index is 13.7. The standard InChI is InChI=1S/C46H24N4O2S4/c1-45(2)31-15-23(13-29-33(21(17-47)18-48)25-9-5-7-11-27(25)37(29)51)53-39(31)41-35(45)43-44(55-41)36-42(56-43)40-32(46(36,3)4)16-24(54-40)14-30-34(22(19-49)20-50)26-10-6-8-12-28(26)38(30)52/h5-16H,1-4H3/b29-13-,30-14-.